The van der Waals surface area contributed by atoms with E-state index in [4.69, 9.17) is 4.42 Å². The number of rotatable bonds is 8. The van der Waals surface area contributed by atoms with Gasteiger partial charge in [-0.2, -0.15) is 0 Å². The first-order valence-corrected chi connectivity index (χ1v) is 7.53. The fourth-order valence-corrected chi connectivity index (χ4v) is 2.04. The lowest BCUT2D eigenvalue weighted by Crippen LogP contribution is -2.50. The van der Waals surface area contributed by atoms with Gasteiger partial charge in [0.2, 0.25) is 5.91 Å². The number of amides is 2. The van der Waals surface area contributed by atoms with Crippen molar-refractivity contribution in [1.29, 1.82) is 0 Å². The maximum atomic E-state index is 12.5. The van der Waals surface area contributed by atoms with Gasteiger partial charge in [0, 0.05) is 20.0 Å². The number of methoxy groups -OCH3 is 1. The highest BCUT2D eigenvalue weighted by atomic mass is 16.5. The lowest BCUT2D eigenvalue weighted by molar-refractivity contribution is -0.141. The monoisotopic (exact) mass is 324 g/mol. The summed E-state index contributed by atoms with van der Waals surface area (Å²) in [6, 6.07) is 2.49. The normalized spacial score (nSPS) is 11.9. The van der Waals surface area contributed by atoms with Crippen LogP contribution in [0.25, 0.3) is 0 Å². The largest absolute Gasteiger partial charge is 0.469 e. The molecule has 0 aliphatic carbocycles. The summed E-state index contributed by atoms with van der Waals surface area (Å²) in [6.07, 6.45) is 2.16. The fourth-order valence-electron chi connectivity index (χ4n) is 2.04. The number of carbonyl (C=O) groups excluding carboxylic acids is 3. The number of nitrogens with one attached hydrogen (secondary N) is 1. The van der Waals surface area contributed by atoms with E-state index in [1.165, 1.54) is 24.3 Å². The van der Waals surface area contributed by atoms with Gasteiger partial charge < -0.3 is 19.4 Å². The lowest BCUT2D eigenvalue weighted by atomic mass is 10.0. The standard InChI is InChI=1S/C16H24N2O5/c1-11(2)14(17-15(20)12-7-6-10-23-12)16(21)18(3)9-5-8-13(19)22-4/h6-7,10-11,14H,5,8-9H2,1-4H3,(H,17,20). The van der Waals surface area contributed by atoms with Gasteiger partial charge in [-0.25, -0.2) is 0 Å². The van der Waals surface area contributed by atoms with Gasteiger partial charge >= 0.3 is 5.97 Å². The van der Waals surface area contributed by atoms with Crippen molar-refractivity contribution in [3.05, 3.63) is 24.2 Å². The Bertz CT molecular complexity index is 525. The van der Waals surface area contributed by atoms with Crippen molar-refractivity contribution < 1.29 is 23.5 Å². The van der Waals surface area contributed by atoms with Gasteiger partial charge in [0.1, 0.15) is 6.04 Å². The molecule has 0 fully saturated rings. The SMILES string of the molecule is COC(=O)CCCN(C)C(=O)C(NC(=O)c1ccco1)C(C)C. The summed E-state index contributed by atoms with van der Waals surface area (Å²) in [4.78, 5) is 37.2. The minimum absolute atomic E-state index is 0.0792. The summed E-state index contributed by atoms with van der Waals surface area (Å²) in [5.41, 5.74) is 0. The maximum Gasteiger partial charge on any atom is 0.305 e. The van der Waals surface area contributed by atoms with E-state index in [0.717, 1.165) is 0 Å². The Labute approximate surface area is 136 Å². The summed E-state index contributed by atoms with van der Waals surface area (Å²) < 4.78 is 9.59. The molecule has 7 heteroatoms. The molecule has 23 heavy (non-hydrogen) atoms. The van der Waals surface area contributed by atoms with Crippen LogP contribution in [-0.4, -0.2) is 49.4 Å². The zero-order chi connectivity index (χ0) is 17.4. The molecule has 0 spiro atoms. The molecule has 1 unspecified atom stereocenters. The molecule has 0 aromatic carbocycles. The zero-order valence-corrected chi connectivity index (χ0v) is 14.0. The van der Waals surface area contributed by atoms with Crippen LogP contribution in [0.4, 0.5) is 0 Å². The van der Waals surface area contributed by atoms with E-state index in [1.54, 1.807) is 13.1 Å². The molecule has 1 heterocycles. The van der Waals surface area contributed by atoms with Crippen molar-refractivity contribution >= 4 is 17.8 Å². The van der Waals surface area contributed by atoms with Crippen LogP contribution in [0.2, 0.25) is 0 Å². The van der Waals surface area contributed by atoms with Gasteiger partial charge in [0.05, 0.1) is 13.4 Å². The predicted molar refractivity (Wildman–Crippen MR) is 83.7 cm³/mol. The molecule has 1 aromatic rings. The third-order valence-electron chi connectivity index (χ3n) is 3.44. The van der Waals surface area contributed by atoms with E-state index in [2.05, 4.69) is 10.1 Å². The Morgan fingerprint density at radius 2 is 2.04 bits per heavy atom. The van der Waals surface area contributed by atoms with Crippen molar-refractivity contribution in [1.82, 2.24) is 10.2 Å². The highest BCUT2D eigenvalue weighted by molar-refractivity contribution is 5.95. The maximum absolute atomic E-state index is 12.5. The zero-order valence-electron chi connectivity index (χ0n) is 14.0. The Kier molecular flexibility index (Phi) is 7.31. The number of hydrogen-bond donors (Lipinski definition) is 1. The molecule has 0 radical (unpaired) electrons. The fraction of sp³-hybridized carbons (Fsp3) is 0.562. The number of ether oxygens (including phenoxy) is 1. The Hall–Kier alpha value is -2.31. The molecular weight excluding hydrogens is 300 g/mol. The molecule has 1 rings (SSSR count). The molecule has 1 aromatic heterocycles. The van der Waals surface area contributed by atoms with Crippen molar-refractivity contribution in [2.75, 3.05) is 20.7 Å². The predicted octanol–water partition coefficient (Wildman–Crippen LogP) is 1.45. The molecule has 0 aliphatic rings. The summed E-state index contributed by atoms with van der Waals surface area (Å²) in [5.74, 6) is -0.853. The number of furan rings is 1. The van der Waals surface area contributed by atoms with Crippen LogP contribution < -0.4 is 5.32 Å². The summed E-state index contributed by atoms with van der Waals surface area (Å²) in [5, 5.41) is 2.69. The molecule has 128 valence electrons. The van der Waals surface area contributed by atoms with Crippen LogP contribution in [0.1, 0.15) is 37.2 Å². The minimum atomic E-state index is -0.657. The number of nitrogens with zero attached hydrogens (tertiary/aromatic N) is 1. The van der Waals surface area contributed by atoms with E-state index < -0.39 is 11.9 Å². The number of hydrogen-bond acceptors (Lipinski definition) is 5. The first-order chi connectivity index (χ1) is 10.9. The Morgan fingerprint density at radius 1 is 1.35 bits per heavy atom. The molecule has 7 nitrogen and oxygen atoms in total. The van der Waals surface area contributed by atoms with Gasteiger partial charge in [-0.05, 0) is 24.5 Å². The molecule has 0 saturated carbocycles. The second-order valence-electron chi connectivity index (χ2n) is 5.61. The van der Waals surface area contributed by atoms with Gasteiger partial charge in [-0.1, -0.05) is 13.8 Å². The first-order valence-electron chi connectivity index (χ1n) is 7.53. The van der Waals surface area contributed by atoms with Gasteiger partial charge in [0.15, 0.2) is 5.76 Å². The average Bonchev–Trinajstić information content (AvgIpc) is 3.05. The Morgan fingerprint density at radius 3 is 2.57 bits per heavy atom. The molecule has 2 amide bonds. The third-order valence-corrected chi connectivity index (χ3v) is 3.44. The first kappa shape index (κ1) is 18.7. The van der Waals surface area contributed by atoms with Gasteiger partial charge in [-0.15, -0.1) is 0 Å². The number of likely N-dealkylation sites (N-methyl/N-ethyl adjacent to an activating group) is 1. The molecule has 0 bridgehead atoms. The molecule has 1 N–H and O–H groups in total. The summed E-state index contributed by atoms with van der Waals surface area (Å²) >= 11 is 0. The smallest absolute Gasteiger partial charge is 0.305 e. The molecular formula is C16H24N2O5. The van der Waals surface area contributed by atoms with Gasteiger partial charge in [-0.3, -0.25) is 14.4 Å². The minimum Gasteiger partial charge on any atom is -0.469 e. The van der Waals surface area contributed by atoms with Crippen molar-refractivity contribution in [2.45, 2.75) is 32.7 Å². The van der Waals surface area contributed by atoms with Crippen LogP contribution >= 0.6 is 0 Å². The van der Waals surface area contributed by atoms with E-state index in [1.807, 2.05) is 13.8 Å². The lowest BCUT2D eigenvalue weighted by Gasteiger charge is -2.26. The third kappa shape index (κ3) is 5.77. The van der Waals surface area contributed by atoms with Crippen molar-refractivity contribution in [2.24, 2.45) is 5.92 Å². The number of carbonyl (C=O) groups is 3. The molecule has 0 saturated heterocycles. The summed E-state index contributed by atoms with van der Waals surface area (Å²) in [6.45, 7) is 4.12. The second-order valence-corrected chi connectivity index (χ2v) is 5.61. The topological polar surface area (TPSA) is 88.9 Å². The van der Waals surface area contributed by atoms with Crippen molar-refractivity contribution in [3.63, 3.8) is 0 Å². The number of esters is 1. The Balaban J connectivity index is 2.60. The quantitative estimate of drug-likeness (QED) is 0.731. The van der Waals surface area contributed by atoms with E-state index >= 15 is 0 Å². The highest BCUT2D eigenvalue weighted by Crippen LogP contribution is 2.09. The van der Waals surface area contributed by atoms with E-state index in [0.29, 0.717) is 13.0 Å². The van der Waals surface area contributed by atoms with E-state index in [9.17, 15) is 14.4 Å². The van der Waals surface area contributed by atoms with Crippen LogP contribution in [0.15, 0.2) is 22.8 Å². The van der Waals surface area contributed by atoms with Crippen molar-refractivity contribution in [3.8, 4) is 0 Å². The average molecular weight is 324 g/mol. The van der Waals surface area contributed by atoms with Crippen LogP contribution in [0, 0.1) is 5.92 Å². The van der Waals surface area contributed by atoms with Crippen LogP contribution in [-0.2, 0) is 14.3 Å². The van der Waals surface area contributed by atoms with Crippen LogP contribution in [0.3, 0.4) is 0 Å². The van der Waals surface area contributed by atoms with E-state index in [-0.39, 0.29) is 30.0 Å². The van der Waals surface area contributed by atoms with Crippen LogP contribution in [0.5, 0.6) is 0 Å². The highest BCUT2D eigenvalue weighted by Gasteiger charge is 2.27. The molecule has 0 aliphatic heterocycles. The van der Waals surface area contributed by atoms with Gasteiger partial charge in [0.25, 0.3) is 5.91 Å². The second kappa shape index (κ2) is 8.97. The summed E-state index contributed by atoms with van der Waals surface area (Å²) in [7, 11) is 2.98. The molecule has 1 atom stereocenters.